The molecule has 42 heavy (non-hydrogen) atoms. The molecule has 1 aromatic heterocycles. The molecule has 5 rings (SSSR count). The second-order valence-electron chi connectivity index (χ2n) is 12.3. The fourth-order valence-electron chi connectivity index (χ4n) is 5.85. The first-order valence-electron chi connectivity index (χ1n) is 14.5. The topological polar surface area (TPSA) is 116 Å². The third kappa shape index (κ3) is 6.36. The van der Waals surface area contributed by atoms with Gasteiger partial charge in [0.25, 0.3) is 0 Å². The van der Waals surface area contributed by atoms with Crippen LogP contribution in [0.25, 0.3) is 22.7 Å². The van der Waals surface area contributed by atoms with Crippen LogP contribution in [0.5, 0.6) is 0 Å². The van der Waals surface area contributed by atoms with Gasteiger partial charge in [-0.05, 0) is 48.6 Å². The fourth-order valence-corrected chi connectivity index (χ4v) is 7.05. The van der Waals surface area contributed by atoms with Crippen LogP contribution in [0, 0.1) is 28.5 Å². The zero-order valence-electron chi connectivity index (χ0n) is 24.3. The lowest BCUT2D eigenvalue weighted by atomic mass is 9.76. The van der Waals surface area contributed by atoms with Gasteiger partial charge >= 0.3 is 0 Å². The number of carbonyl (C=O) groups excluding carboxylic acids is 1. The molecule has 1 aliphatic heterocycles. The smallest absolute Gasteiger partial charge is 0.226 e. The maximum atomic E-state index is 13.7. The van der Waals surface area contributed by atoms with E-state index < -0.39 is 27.2 Å². The highest BCUT2D eigenvalue weighted by atomic mass is 32.2. The molecule has 0 unspecified atom stereocenters. The summed E-state index contributed by atoms with van der Waals surface area (Å²) in [6.45, 7) is 6.51. The number of halogens is 1. The van der Waals surface area contributed by atoms with Crippen LogP contribution in [-0.2, 0) is 14.6 Å². The zero-order chi connectivity index (χ0) is 30.1. The number of aromatic nitrogens is 1. The Bertz CT molecular complexity index is 1570. The van der Waals surface area contributed by atoms with E-state index in [0.29, 0.717) is 48.8 Å². The van der Waals surface area contributed by atoms with Gasteiger partial charge in [-0.1, -0.05) is 51.8 Å². The lowest BCUT2D eigenvalue weighted by Gasteiger charge is -2.33. The molecular weight excluding hydrogens is 555 g/mol. The number of oxazole rings is 1. The highest BCUT2D eigenvalue weighted by molar-refractivity contribution is 7.91. The van der Waals surface area contributed by atoms with E-state index in [1.807, 2.05) is 45.0 Å². The fraction of sp³-hybridized carbons (Fsp3) is 0.469. The number of hydrogen-bond acceptors (Lipinski definition) is 7. The SMILES string of the molecule is CC(C)(C)[C@@H](C#N)NC(=O)[C@@H]1CCCC[C@H]1c1oc(-c2ccc(F)cc2)nc1-c1ccccc1N1CCS(=O)(=O)CC1. The zero-order valence-corrected chi connectivity index (χ0v) is 25.1. The minimum Gasteiger partial charge on any atom is -0.440 e. The highest BCUT2D eigenvalue weighted by Gasteiger charge is 2.39. The Labute approximate surface area is 246 Å². The largest absolute Gasteiger partial charge is 0.440 e. The number of sulfone groups is 1. The van der Waals surface area contributed by atoms with Gasteiger partial charge in [0.15, 0.2) is 9.84 Å². The van der Waals surface area contributed by atoms with Crippen LogP contribution in [0.15, 0.2) is 52.9 Å². The Morgan fingerprint density at radius 2 is 1.76 bits per heavy atom. The van der Waals surface area contributed by atoms with E-state index in [0.717, 1.165) is 24.1 Å². The Balaban J connectivity index is 1.59. The molecule has 222 valence electrons. The highest BCUT2D eigenvalue weighted by Crippen LogP contribution is 2.45. The van der Waals surface area contributed by atoms with Crippen LogP contribution < -0.4 is 10.2 Å². The first kappa shape index (κ1) is 29.8. The van der Waals surface area contributed by atoms with Gasteiger partial charge in [-0.3, -0.25) is 4.79 Å². The molecular formula is C32H37FN4O4S. The van der Waals surface area contributed by atoms with Crippen LogP contribution in [-0.4, -0.2) is 49.9 Å². The number of para-hydroxylation sites is 1. The summed E-state index contributed by atoms with van der Waals surface area (Å²) in [4.78, 5) is 20.7. The number of hydrogen-bond donors (Lipinski definition) is 1. The van der Waals surface area contributed by atoms with Gasteiger partial charge in [-0.25, -0.2) is 17.8 Å². The van der Waals surface area contributed by atoms with Crippen LogP contribution in [0.2, 0.25) is 0 Å². The third-order valence-electron chi connectivity index (χ3n) is 8.31. The van der Waals surface area contributed by atoms with E-state index in [9.17, 15) is 22.9 Å². The molecule has 2 fully saturated rings. The molecule has 0 radical (unpaired) electrons. The maximum Gasteiger partial charge on any atom is 0.226 e. The van der Waals surface area contributed by atoms with E-state index in [4.69, 9.17) is 9.40 Å². The molecule has 8 nitrogen and oxygen atoms in total. The first-order valence-corrected chi connectivity index (χ1v) is 16.3. The summed E-state index contributed by atoms with van der Waals surface area (Å²) in [6, 6.07) is 15.2. The Hall–Kier alpha value is -3.71. The first-order chi connectivity index (χ1) is 20.0. The van der Waals surface area contributed by atoms with Crippen molar-refractivity contribution < 1.29 is 22.0 Å². The molecule has 1 N–H and O–H groups in total. The summed E-state index contributed by atoms with van der Waals surface area (Å²) in [5.74, 6) is -0.200. The van der Waals surface area contributed by atoms with Crippen LogP contribution in [0.4, 0.5) is 10.1 Å². The predicted molar refractivity (Wildman–Crippen MR) is 160 cm³/mol. The van der Waals surface area contributed by atoms with Gasteiger partial charge in [-0.15, -0.1) is 0 Å². The molecule has 1 saturated heterocycles. The van der Waals surface area contributed by atoms with Gasteiger partial charge in [0.1, 0.15) is 23.3 Å². The number of benzene rings is 2. The number of nitriles is 1. The molecule has 10 heteroatoms. The Morgan fingerprint density at radius 3 is 2.43 bits per heavy atom. The molecule has 3 aromatic rings. The molecule has 3 atom stereocenters. The molecule has 0 bridgehead atoms. The van der Waals surface area contributed by atoms with Crippen molar-refractivity contribution in [3.63, 3.8) is 0 Å². The number of nitrogens with one attached hydrogen (secondary N) is 1. The second kappa shape index (κ2) is 11.9. The molecule has 0 spiro atoms. The van der Waals surface area contributed by atoms with E-state index in [2.05, 4.69) is 16.3 Å². The molecule has 1 amide bonds. The van der Waals surface area contributed by atoms with Crippen molar-refractivity contribution in [3.05, 3.63) is 60.1 Å². The van der Waals surface area contributed by atoms with E-state index in [-0.39, 0.29) is 29.1 Å². The molecule has 2 aliphatic rings. The van der Waals surface area contributed by atoms with Crippen LogP contribution in [0.1, 0.15) is 58.1 Å². The Morgan fingerprint density at radius 1 is 1.10 bits per heavy atom. The second-order valence-corrected chi connectivity index (χ2v) is 14.6. The van der Waals surface area contributed by atoms with Gasteiger partial charge in [-0.2, -0.15) is 5.26 Å². The van der Waals surface area contributed by atoms with Gasteiger partial charge < -0.3 is 14.6 Å². The summed E-state index contributed by atoms with van der Waals surface area (Å²) in [5.41, 5.74) is 2.41. The van der Waals surface area contributed by atoms with Crippen molar-refractivity contribution in [2.24, 2.45) is 11.3 Å². The Kier molecular flexibility index (Phi) is 8.42. The number of carbonyl (C=O) groups is 1. The van der Waals surface area contributed by atoms with E-state index >= 15 is 0 Å². The summed E-state index contributed by atoms with van der Waals surface area (Å²) in [7, 11) is -3.08. The van der Waals surface area contributed by atoms with Crippen molar-refractivity contribution in [1.29, 1.82) is 5.26 Å². The average molecular weight is 593 g/mol. The summed E-state index contributed by atoms with van der Waals surface area (Å²) in [5, 5.41) is 12.7. The number of rotatable bonds is 6. The van der Waals surface area contributed by atoms with Gasteiger partial charge in [0.2, 0.25) is 11.8 Å². The number of nitrogens with zero attached hydrogens (tertiary/aromatic N) is 3. The minimum atomic E-state index is -3.08. The third-order valence-corrected chi connectivity index (χ3v) is 9.92. The van der Waals surface area contributed by atoms with E-state index in [1.54, 1.807) is 12.1 Å². The van der Waals surface area contributed by atoms with Gasteiger partial charge in [0, 0.05) is 41.7 Å². The van der Waals surface area contributed by atoms with Crippen LogP contribution >= 0.6 is 0 Å². The maximum absolute atomic E-state index is 13.7. The van der Waals surface area contributed by atoms with Crippen molar-refractivity contribution in [3.8, 4) is 28.8 Å². The quantitative estimate of drug-likeness (QED) is 0.390. The summed E-state index contributed by atoms with van der Waals surface area (Å²) in [6.07, 6.45) is 3.15. The van der Waals surface area contributed by atoms with Crippen molar-refractivity contribution >= 4 is 21.4 Å². The minimum absolute atomic E-state index is 0.0759. The van der Waals surface area contributed by atoms with Crippen molar-refractivity contribution in [2.75, 3.05) is 29.5 Å². The average Bonchev–Trinajstić information content (AvgIpc) is 3.41. The van der Waals surface area contributed by atoms with E-state index in [1.165, 1.54) is 12.1 Å². The van der Waals surface area contributed by atoms with Crippen molar-refractivity contribution in [2.45, 2.75) is 58.4 Å². The normalized spacial score (nSPS) is 21.4. The van der Waals surface area contributed by atoms with Crippen molar-refractivity contribution in [1.82, 2.24) is 10.3 Å². The summed E-state index contributed by atoms with van der Waals surface area (Å²) < 4.78 is 44.5. The monoisotopic (exact) mass is 592 g/mol. The number of anilines is 1. The molecule has 1 saturated carbocycles. The molecule has 2 heterocycles. The summed E-state index contributed by atoms with van der Waals surface area (Å²) >= 11 is 0. The van der Waals surface area contributed by atoms with Gasteiger partial charge in [0.05, 0.1) is 17.6 Å². The lowest BCUT2D eigenvalue weighted by molar-refractivity contribution is -0.127. The van der Waals surface area contributed by atoms with Crippen LogP contribution in [0.3, 0.4) is 0 Å². The number of amides is 1. The molecule has 1 aliphatic carbocycles. The standard InChI is InChI=1S/C32H37FN4O4S/c1-32(2,3)27(20-34)35-30(38)24-9-5-4-8-23(24)29-28(36-31(41-29)21-12-14-22(33)15-13-21)25-10-6-7-11-26(25)37-16-18-42(39,40)19-17-37/h6-7,10-15,23-24,27H,4-5,8-9,16-19H2,1-3H3,(H,35,38)/t23-,24-,27-/m1/s1. The predicted octanol–water partition coefficient (Wildman–Crippen LogP) is 5.71. The molecule has 2 aromatic carbocycles. The lowest BCUT2D eigenvalue weighted by Crippen LogP contribution is -2.46.